The Morgan fingerprint density at radius 1 is 1.64 bits per heavy atom. The first kappa shape index (κ1) is 10.6. The predicted molar refractivity (Wildman–Crippen MR) is 44.2 cm³/mol. The molecule has 1 unspecified atom stereocenters. The van der Waals surface area contributed by atoms with Gasteiger partial charge in [-0.1, -0.05) is 13.3 Å². The summed E-state index contributed by atoms with van der Waals surface area (Å²) < 4.78 is 0. The van der Waals surface area contributed by atoms with Crippen molar-refractivity contribution in [2.45, 2.75) is 38.7 Å². The molecule has 0 saturated carbocycles. The van der Waals surface area contributed by atoms with Crippen LogP contribution in [0.25, 0.3) is 0 Å². The molecule has 3 nitrogen and oxygen atoms in total. The second-order valence-corrected chi connectivity index (χ2v) is 2.66. The molecule has 3 N–H and O–H groups in total. The number of carbonyl (C=O) groups is 1. The molecule has 0 aliphatic rings. The first-order valence-corrected chi connectivity index (χ1v) is 4.13. The van der Waals surface area contributed by atoms with E-state index in [2.05, 4.69) is 0 Å². The van der Waals surface area contributed by atoms with Crippen LogP contribution >= 0.6 is 0 Å². The van der Waals surface area contributed by atoms with E-state index in [9.17, 15) is 4.79 Å². The first-order chi connectivity index (χ1) is 5.22. The average molecular weight is 159 g/mol. The van der Waals surface area contributed by atoms with E-state index in [0.29, 0.717) is 25.8 Å². The molecule has 0 aromatic heterocycles. The van der Waals surface area contributed by atoms with Crippen LogP contribution in [0, 0.1) is 0 Å². The Balaban J connectivity index is 3.47. The van der Waals surface area contributed by atoms with Crippen LogP contribution in [0.2, 0.25) is 0 Å². The van der Waals surface area contributed by atoms with Crippen molar-refractivity contribution in [3.05, 3.63) is 0 Å². The third-order valence-corrected chi connectivity index (χ3v) is 1.56. The highest BCUT2D eigenvalue weighted by Crippen LogP contribution is 2.01. The molecule has 11 heavy (non-hydrogen) atoms. The summed E-state index contributed by atoms with van der Waals surface area (Å²) in [5, 5.41) is 9.15. The van der Waals surface area contributed by atoms with Crippen molar-refractivity contribution in [3.63, 3.8) is 0 Å². The predicted octanol–water partition coefficient (Wildman–Crippen LogP) is 0.455. The lowest BCUT2D eigenvalue weighted by molar-refractivity contribution is -0.127. The Labute approximate surface area is 67.6 Å². The van der Waals surface area contributed by atoms with Gasteiger partial charge in [0, 0.05) is 6.42 Å². The van der Waals surface area contributed by atoms with E-state index in [1.165, 1.54) is 0 Å². The topological polar surface area (TPSA) is 63.3 Å². The monoisotopic (exact) mass is 159 g/mol. The lowest BCUT2D eigenvalue weighted by Gasteiger charge is -2.06. The molecule has 0 aliphatic carbocycles. The highest BCUT2D eigenvalue weighted by atomic mass is 16.3. The van der Waals surface area contributed by atoms with Gasteiger partial charge in [0.2, 0.25) is 0 Å². The zero-order chi connectivity index (χ0) is 8.69. The van der Waals surface area contributed by atoms with Gasteiger partial charge in [-0.15, -0.1) is 0 Å². The number of nitrogens with two attached hydrogens (primary N) is 1. The number of ketones is 1. The number of aliphatic hydroxyl groups excluding tert-OH is 1. The molecular weight excluding hydrogens is 142 g/mol. The number of hydrogen-bond acceptors (Lipinski definition) is 3. The van der Waals surface area contributed by atoms with Crippen LogP contribution in [0.5, 0.6) is 0 Å². The van der Waals surface area contributed by atoms with Crippen molar-refractivity contribution < 1.29 is 9.90 Å². The summed E-state index contributed by atoms with van der Waals surface area (Å²) in [7, 11) is 0. The Hall–Kier alpha value is -0.410. The molecule has 1 atom stereocenters. The van der Waals surface area contributed by atoms with Crippen LogP contribution in [0.3, 0.4) is 0 Å². The van der Waals surface area contributed by atoms with Crippen LogP contribution in [0.15, 0.2) is 0 Å². The highest BCUT2D eigenvalue weighted by molar-refractivity contribution is 5.82. The van der Waals surface area contributed by atoms with Gasteiger partial charge in [-0.25, -0.2) is 0 Å². The Kier molecular flexibility index (Phi) is 6.07. The summed E-state index contributed by atoms with van der Waals surface area (Å²) in [5.41, 5.74) is 5.22. The summed E-state index contributed by atoms with van der Waals surface area (Å²) >= 11 is 0. The molecule has 66 valence electrons. The molecule has 0 spiro atoms. The maximum atomic E-state index is 11.0. The molecule has 0 heterocycles. The molecular formula is C8H17NO2. The molecule has 0 aromatic carbocycles. The van der Waals surface area contributed by atoms with Gasteiger partial charge >= 0.3 is 0 Å². The summed E-state index contributed by atoms with van der Waals surface area (Å²) in [6.07, 6.45) is 1.75. The zero-order valence-corrected chi connectivity index (χ0v) is 7.05. The number of hydrogen-bond donors (Lipinski definition) is 2. The maximum absolute atomic E-state index is 11.0. The van der Waals surface area contributed by atoms with Crippen LogP contribution in [0.1, 0.15) is 32.6 Å². The first-order valence-electron chi connectivity index (χ1n) is 4.13. The van der Waals surface area contributed by atoms with E-state index < -0.39 is 6.10 Å². The van der Waals surface area contributed by atoms with E-state index in [0.717, 1.165) is 6.42 Å². The van der Waals surface area contributed by atoms with E-state index in [-0.39, 0.29) is 5.78 Å². The van der Waals surface area contributed by atoms with Gasteiger partial charge in [-0.3, -0.25) is 4.79 Å². The third kappa shape index (κ3) is 4.93. The molecule has 0 radical (unpaired) electrons. The lowest BCUT2D eigenvalue weighted by atomic mass is 10.1. The fourth-order valence-corrected chi connectivity index (χ4v) is 0.877. The van der Waals surface area contributed by atoms with Gasteiger partial charge in [0.05, 0.1) is 0 Å². The van der Waals surface area contributed by atoms with Gasteiger partial charge in [0.15, 0.2) is 5.78 Å². The number of rotatable bonds is 6. The van der Waals surface area contributed by atoms with Crippen molar-refractivity contribution in [2.24, 2.45) is 5.73 Å². The molecule has 0 aromatic rings. The Morgan fingerprint density at radius 2 is 2.27 bits per heavy atom. The molecule has 3 heteroatoms. The van der Waals surface area contributed by atoms with Crippen molar-refractivity contribution in [3.8, 4) is 0 Å². The van der Waals surface area contributed by atoms with Crippen LogP contribution in [-0.2, 0) is 4.79 Å². The molecule has 0 fully saturated rings. The molecule has 0 bridgehead atoms. The van der Waals surface area contributed by atoms with E-state index in [4.69, 9.17) is 10.8 Å². The number of carbonyl (C=O) groups excluding carboxylic acids is 1. The Morgan fingerprint density at radius 3 is 2.73 bits per heavy atom. The fourth-order valence-electron chi connectivity index (χ4n) is 0.877. The van der Waals surface area contributed by atoms with Crippen LogP contribution in [-0.4, -0.2) is 23.5 Å². The second kappa shape index (κ2) is 6.31. The van der Waals surface area contributed by atoms with Crippen LogP contribution in [0.4, 0.5) is 0 Å². The average Bonchev–Trinajstić information content (AvgIpc) is 2.00. The van der Waals surface area contributed by atoms with Gasteiger partial charge in [-0.2, -0.15) is 0 Å². The minimum atomic E-state index is -0.758. The molecule has 0 saturated heterocycles. The van der Waals surface area contributed by atoms with Gasteiger partial charge in [0.1, 0.15) is 6.10 Å². The Bertz CT molecular complexity index is 115. The molecule has 0 aliphatic heterocycles. The maximum Gasteiger partial charge on any atom is 0.161 e. The highest BCUT2D eigenvalue weighted by Gasteiger charge is 2.11. The SMILES string of the molecule is CCCC(O)C(=O)CCCN. The summed E-state index contributed by atoms with van der Waals surface area (Å²) in [4.78, 5) is 11.0. The number of aliphatic hydroxyl groups is 1. The number of Topliss-reactive ketones (excluding diaryl/α,β-unsaturated/α-hetero) is 1. The largest absolute Gasteiger partial charge is 0.385 e. The van der Waals surface area contributed by atoms with Gasteiger partial charge in [0.25, 0.3) is 0 Å². The quantitative estimate of drug-likeness (QED) is 0.591. The van der Waals surface area contributed by atoms with Gasteiger partial charge < -0.3 is 10.8 Å². The van der Waals surface area contributed by atoms with E-state index >= 15 is 0 Å². The third-order valence-electron chi connectivity index (χ3n) is 1.56. The summed E-state index contributed by atoms with van der Waals surface area (Å²) in [6.45, 7) is 2.46. The van der Waals surface area contributed by atoms with Gasteiger partial charge in [-0.05, 0) is 19.4 Å². The van der Waals surface area contributed by atoms with Crippen molar-refractivity contribution in [1.29, 1.82) is 0 Å². The zero-order valence-electron chi connectivity index (χ0n) is 7.05. The minimum absolute atomic E-state index is 0.0719. The second-order valence-electron chi connectivity index (χ2n) is 2.66. The smallest absolute Gasteiger partial charge is 0.161 e. The van der Waals surface area contributed by atoms with E-state index in [1.54, 1.807) is 0 Å². The van der Waals surface area contributed by atoms with Crippen LogP contribution < -0.4 is 5.73 Å². The molecule has 0 amide bonds. The van der Waals surface area contributed by atoms with E-state index in [1.807, 2.05) is 6.92 Å². The molecule has 0 rings (SSSR count). The fraction of sp³-hybridized carbons (Fsp3) is 0.875. The normalized spacial score (nSPS) is 13.0. The summed E-state index contributed by atoms with van der Waals surface area (Å²) in [6, 6.07) is 0. The minimum Gasteiger partial charge on any atom is -0.385 e. The summed E-state index contributed by atoms with van der Waals surface area (Å²) in [5.74, 6) is -0.0719. The van der Waals surface area contributed by atoms with Crippen molar-refractivity contribution in [2.75, 3.05) is 6.54 Å². The van der Waals surface area contributed by atoms with Crippen molar-refractivity contribution >= 4 is 5.78 Å². The lowest BCUT2D eigenvalue weighted by Crippen LogP contribution is -2.20. The van der Waals surface area contributed by atoms with Crippen molar-refractivity contribution in [1.82, 2.24) is 0 Å². The standard InChI is InChI=1S/C8H17NO2/c1-2-4-7(10)8(11)5-3-6-9/h7,10H,2-6,9H2,1H3.